The van der Waals surface area contributed by atoms with Crippen LogP contribution in [0.25, 0.3) is 53.9 Å². The number of rotatable bonds is 4. The number of aromatic nitrogens is 2. The lowest BCUT2D eigenvalue weighted by molar-refractivity contribution is 0.103. The Bertz CT molecular complexity index is 2280. The lowest BCUT2D eigenvalue weighted by Gasteiger charge is -2.21. The lowest BCUT2D eigenvalue weighted by atomic mass is 9.87. The minimum atomic E-state index is -0.0861. The molecule has 0 atom stereocenters. The Labute approximate surface area is 261 Å². The summed E-state index contributed by atoms with van der Waals surface area (Å²) >= 11 is 4.79. The molecule has 6 aromatic rings. The molecule has 0 amide bonds. The molecule has 0 unspecified atom stereocenters. The number of carbonyl (C=O) groups is 1. The Hall–Kier alpha value is -3.85. The second kappa shape index (κ2) is 9.58. The van der Waals surface area contributed by atoms with Gasteiger partial charge in [0.05, 0.1) is 11.4 Å². The molecule has 0 bridgehead atoms. The summed E-state index contributed by atoms with van der Waals surface area (Å²) in [7, 11) is 0. The van der Waals surface area contributed by atoms with E-state index in [1.165, 1.54) is 32.2 Å². The Morgan fingerprint density at radius 1 is 0.674 bits per heavy atom. The first-order valence-corrected chi connectivity index (χ1v) is 16.9. The van der Waals surface area contributed by atoms with Crippen LogP contribution >= 0.6 is 22.7 Å². The van der Waals surface area contributed by atoms with Crippen LogP contribution in [0.1, 0.15) is 76.5 Å². The Balaban J connectivity index is 1.54. The first kappa shape index (κ1) is 26.8. The second-order valence-corrected chi connectivity index (χ2v) is 14.7. The van der Waals surface area contributed by atoms with Crippen molar-refractivity contribution < 1.29 is 4.79 Å². The molecule has 3 aromatic carbocycles. The van der Waals surface area contributed by atoms with Gasteiger partial charge in [-0.15, -0.1) is 22.7 Å². The summed E-state index contributed by atoms with van der Waals surface area (Å²) < 4.78 is 9.76. The molecule has 0 radical (unpaired) electrons. The maximum atomic E-state index is 14.1. The molecule has 5 nitrogen and oxygen atoms in total. The average Bonchev–Trinajstić information content (AvgIpc) is 3.72. The third-order valence-corrected chi connectivity index (χ3v) is 12.0. The van der Waals surface area contributed by atoms with Crippen LogP contribution in [0.2, 0.25) is 0 Å². The fourth-order valence-electron chi connectivity index (χ4n) is 6.58. The van der Waals surface area contributed by atoms with E-state index in [0.29, 0.717) is 34.3 Å². The van der Waals surface area contributed by atoms with Crippen molar-refractivity contribution in [2.75, 3.05) is 0 Å². The summed E-state index contributed by atoms with van der Waals surface area (Å²) in [6, 6.07) is 16.5. The molecule has 0 N–H and O–H groups in total. The van der Waals surface area contributed by atoms with Crippen molar-refractivity contribution in [2.24, 2.45) is 8.73 Å². The molecule has 2 aliphatic rings. The van der Waals surface area contributed by atoms with E-state index in [0.717, 1.165) is 54.1 Å². The third kappa shape index (κ3) is 3.83. The zero-order valence-corrected chi connectivity index (χ0v) is 27.1. The quantitative estimate of drug-likeness (QED) is 0.197. The van der Waals surface area contributed by atoms with Crippen LogP contribution < -0.4 is 0 Å². The molecule has 43 heavy (non-hydrogen) atoms. The summed E-state index contributed by atoms with van der Waals surface area (Å²) in [5.41, 5.74) is 10.2. The molecule has 8 heteroatoms. The van der Waals surface area contributed by atoms with Crippen LogP contribution in [0.5, 0.6) is 0 Å². The highest BCUT2D eigenvalue weighted by Crippen LogP contribution is 2.55. The van der Waals surface area contributed by atoms with Gasteiger partial charge in [-0.25, -0.2) is 9.97 Å². The standard InChI is InChI=1S/C35H28N4OS3/c1-15(2)34-17(5)13-22(41-34)25-28-29(26(31-30(25)38-43-39-31)23-14-18(6)35(42-23)16(3)4)37-32-27(36-28)20-11-7-9-19-10-8-12-21(24(19)20)33(32)40/h7-16H,1-6H3. The summed E-state index contributed by atoms with van der Waals surface area (Å²) in [5.74, 6) is 0.716. The number of fused-ring (bicyclic) bond motifs is 4. The highest BCUT2D eigenvalue weighted by Gasteiger charge is 2.33. The molecule has 1 aliphatic carbocycles. The van der Waals surface area contributed by atoms with Gasteiger partial charge in [0.1, 0.15) is 33.8 Å². The molecule has 8 rings (SSSR count). The Kier molecular flexibility index (Phi) is 5.96. The molecular weight excluding hydrogens is 589 g/mol. The number of nitrogens with zero attached hydrogens (tertiary/aromatic N) is 4. The van der Waals surface area contributed by atoms with Crippen molar-refractivity contribution in [3.8, 4) is 32.1 Å². The smallest absolute Gasteiger partial charge is 0.214 e. The van der Waals surface area contributed by atoms with Gasteiger partial charge in [0.25, 0.3) is 0 Å². The van der Waals surface area contributed by atoms with Gasteiger partial charge < -0.3 is 0 Å². The number of ketones is 1. The van der Waals surface area contributed by atoms with E-state index in [2.05, 4.69) is 71.9 Å². The van der Waals surface area contributed by atoms with E-state index in [9.17, 15) is 4.79 Å². The Morgan fingerprint density at radius 2 is 1.19 bits per heavy atom. The van der Waals surface area contributed by atoms with E-state index in [1.54, 1.807) is 22.7 Å². The van der Waals surface area contributed by atoms with Gasteiger partial charge in [-0.1, -0.05) is 64.1 Å². The largest absolute Gasteiger partial charge is 0.287 e. The average molecular weight is 617 g/mol. The summed E-state index contributed by atoms with van der Waals surface area (Å²) in [4.78, 5) is 29.6. The van der Waals surface area contributed by atoms with Gasteiger partial charge in [0.15, 0.2) is 0 Å². The maximum Gasteiger partial charge on any atom is 0.214 e. The van der Waals surface area contributed by atoms with Gasteiger partial charge in [0, 0.05) is 47.1 Å². The highest BCUT2D eigenvalue weighted by molar-refractivity contribution is 7.58. The van der Waals surface area contributed by atoms with Gasteiger partial charge in [-0.2, -0.15) is 8.73 Å². The number of hydrogen-bond donors (Lipinski definition) is 0. The van der Waals surface area contributed by atoms with E-state index in [-0.39, 0.29) is 5.78 Å². The first-order chi connectivity index (χ1) is 20.7. The molecule has 1 aliphatic heterocycles. The van der Waals surface area contributed by atoms with Crippen LogP contribution in [-0.4, -0.2) is 15.8 Å². The number of aryl methyl sites for hydroxylation is 2. The maximum absolute atomic E-state index is 14.1. The molecular formula is C35H28N4OS3. The minimum absolute atomic E-state index is 0.0861. The number of carbonyl (C=O) groups excluding carboxylic acids is 1. The second-order valence-electron chi connectivity index (χ2n) is 12.0. The van der Waals surface area contributed by atoms with Gasteiger partial charge in [0.2, 0.25) is 5.78 Å². The zero-order chi connectivity index (χ0) is 29.7. The number of benzene rings is 3. The van der Waals surface area contributed by atoms with Crippen molar-refractivity contribution in [1.29, 1.82) is 0 Å². The molecule has 3 aromatic heterocycles. The topological polar surface area (TPSA) is 67.6 Å². The van der Waals surface area contributed by atoms with Gasteiger partial charge in [-0.05, 0) is 54.3 Å². The van der Waals surface area contributed by atoms with Crippen LogP contribution in [0, 0.1) is 13.8 Å². The van der Waals surface area contributed by atoms with E-state index >= 15 is 0 Å². The molecule has 4 heterocycles. The van der Waals surface area contributed by atoms with E-state index < -0.39 is 0 Å². The van der Waals surface area contributed by atoms with E-state index in [1.807, 2.05) is 18.2 Å². The minimum Gasteiger partial charge on any atom is -0.287 e. The molecule has 0 fully saturated rings. The molecule has 0 saturated heterocycles. The predicted molar refractivity (Wildman–Crippen MR) is 182 cm³/mol. The van der Waals surface area contributed by atoms with Crippen LogP contribution in [0.15, 0.2) is 57.3 Å². The monoisotopic (exact) mass is 616 g/mol. The fraction of sp³-hybridized carbons (Fsp3) is 0.229. The van der Waals surface area contributed by atoms with Gasteiger partial charge >= 0.3 is 0 Å². The van der Waals surface area contributed by atoms with Gasteiger partial charge in [-0.3, -0.25) is 4.79 Å². The van der Waals surface area contributed by atoms with Crippen molar-refractivity contribution in [3.63, 3.8) is 0 Å². The fourth-order valence-corrected chi connectivity index (χ4v) is 9.59. The third-order valence-electron chi connectivity index (χ3n) is 8.40. The van der Waals surface area contributed by atoms with Crippen LogP contribution in [0.3, 0.4) is 0 Å². The van der Waals surface area contributed by atoms with Crippen molar-refractivity contribution in [2.45, 2.75) is 53.4 Å². The molecule has 0 spiro atoms. The summed E-state index contributed by atoms with van der Waals surface area (Å²) in [6.07, 6.45) is 0. The van der Waals surface area contributed by atoms with Crippen LogP contribution in [0.4, 0.5) is 11.4 Å². The summed E-state index contributed by atoms with van der Waals surface area (Å²) in [6.45, 7) is 13.3. The first-order valence-electron chi connectivity index (χ1n) is 14.5. The molecule has 0 saturated carbocycles. The van der Waals surface area contributed by atoms with Crippen LogP contribution in [-0.2, 0) is 11.4 Å². The normalized spacial score (nSPS) is 13.4. The number of hydrogen-bond acceptors (Lipinski definition) is 7. The SMILES string of the molecule is Cc1cc(-c2c3c(c(-c4cc(C)c(C(C)C)s4)c4nc5c(nc24)C(=O)c2cccc4cccc-5c24)N=S=N3)sc1C(C)C. The highest BCUT2D eigenvalue weighted by atomic mass is 32.1. The van der Waals surface area contributed by atoms with E-state index in [4.69, 9.17) is 18.7 Å². The predicted octanol–water partition coefficient (Wildman–Crippen LogP) is 11.0. The number of thiophene rings is 2. The zero-order valence-electron chi connectivity index (χ0n) is 24.7. The van der Waals surface area contributed by atoms with Crippen molar-refractivity contribution in [1.82, 2.24) is 9.97 Å². The van der Waals surface area contributed by atoms with Crippen molar-refractivity contribution >= 4 is 73.0 Å². The summed E-state index contributed by atoms with van der Waals surface area (Å²) in [5, 5.41) is 1.97. The lowest BCUT2D eigenvalue weighted by Crippen LogP contribution is -2.14. The Morgan fingerprint density at radius 3 is 1.70 bits per heavy atom. The van der Waals surface area contributed by atoms with Crippen molar-refractivity contribution in [3.05, 3.63) is 80.7 Å². The molecule has 212 valence electrons.